The van der Waals surface area contributed by atoms with Crippen LogP contribution < -0.4 is 0 Å². The highest BCUT2D eigenvalue weighted by Gasteiger charge is 2.36. The van der Waals surface area contributed by atoms with Crippen LogP contribution in [0.15, 0.2) is 53.6 Å². The van der Waals surface area contributed by atoms with Crippen LogP contribution in [-0.4, -0.2) is 53.7 Å². The first kappa shape index (κ1) is 23.5. The molecular weight excluding hydrogens is 438 g/mol. The van der Waals surface area contributed by atoms with E-state index in [2.05, 4.69) is 6.07 Å². The number of esters is 1. The topological polar surface area (TPSA) is 62.2 Å². The summed E-state index contributed by atoms with van der Waals surface area (Å²) >= 11 is 6.52. The number of likely N-dealkylation sites (tertiary alicyclic amines) is 1. The minimum Gasteiger partial charge on any atom is -0.466 e. The van der Waals surface area contributed by atoms with Gasteiger partial charge in [0.25, 0.3) is 5.91 Å². The first-order valence-corrected chi connectivity index (χ1v) is 11.9. The van der Waals surface area contributed by atoms with Gasteiger partial charge in [-0.05, 0) is 50.4 Å². The summed E-state index contributed by atoms with van der Waals surface area (Å²) in [5, 5.41) is 6.99. The van der Waals surface area contributed by atoms with Gasteiger partial charge in [0, 0.05) is 18.0 Å². The normalized spacial score (nSPS) is 21.1. The Morgan fingerprint density at radius 2 is 2.00 bits per heavy atom. The van der Waals surface area contributed by atoms with Crippen LogP contribution in [-0.2, 0) is 14.3 Å². The third-order valence-corrected chi connectivity index (χ3v) is 6.61. The number of ether oxygens (including phenoxy) is 1. The summed E-state index contributed by atoms with van der Waals surface area (Å²) in [5.74, 6) is -0.451. The van der Waals surface area contributed by atoms with E-state index in [1.54, 1.807) is 5.01 Å². The van der Waals surface area contributed by atoms with Crippen molar-refractivity contribution in [1.82, 2.24) is 9.91 Å². The maximum atomic E-state index is 13.5. The fourth-order valence-corrected chi connectivity index (χ4v) is 4.90. The summed E-state index contributed by atoms with van der Waals surface area (Å²) in [4.78, 5) is 27.7. The summed E-state index contributed by atoms with van der Waals surface area (Å²) in [7, 11) is 0. The van der Waals surface area contributed by atoms with E-state index < -0.39 is 0 Å². The van der Waals surface area contributed by atoms with Gasteiger partial charge in [-0.2, -0.15) is 5.10 Å². The van der Waals surface area contributed by atoms with Crippen molar-refractivity contribution in [2.24, 2.45) is 11.0 Å². The second-order valence-electron chi connectivity index (χ2n) is 8.72. The molecule has 2 atom stereocenters. The van der Waals surface area contributed by atoms with Gasteiger partial charge in [-0.3, -0.25) is 14.5 Å². The SMILES string of the molecule is CCOC(=O)[C@H]1CCCN(CC(=O)N2N=C(c3cccc(C)c3)C[C@@H]2c2ccccc2Cl)C1. The van der Waals surface area contributed by atoms with E-state index in [4.69, 9.17) is 21.4 Å². The highest BCUT2D eigenvalue weighted by Crippen LogP contribution is 2.36. The summed E-state index contributed by atoms with van der Waals surface area (Å²) in [6.07, 6.45) is 2.26. The number of hydrazone groups is 1. The van der Waals surface area contributed by atoms with Gasteiger partial charge in [0.15, 0.2) is 0 Å². The van der Waals surface area contributed by atoms with Crippen LogP contribution in [0.1, 0.15) is 48.9 Å². The largest absolute Gasteiger partial charge is 0.466 e. The standard InChI is InChI=1S/C26H30ClN3O3/c1-3-33-26(32)20-10-7-13-29(16-20)17-25(31)30-24(21-11-4-5-12-22(21)27)15-23(28-30)19-9-6-8-18(2)14-19/h4-6,8-9,11-12,14,20,24H,3,7,10,13,15-17H2,1-2H3/t20-,24+/m0/s1. The summed E-state index contributed by atoms with van der Waals surface area (Å²) in [5.41, 5.74) is 3.93. The van der Waals surface area contributed by atoms with Crippen molar-refractivity contribution in [3.8, 4) is 0 Å². The Labute approximate surface area is 200 Å². The lowest BCUT2D eigenvalue weighted by molar-refractivity contribution is -0.150. The van der Waals surface area contributed by atoms with Crippen LogP contribution in [0.2, 0.25) is 5.02 Å². The minimum atomic E-state index is -0.257. The number of carbonyl (C=O) groups excluding carboxylic acids is 2. The van der Waals surface area contributed by atoms with Crippen LogP contribution in [0.5, 0.6) is 0 Å². The zero-order valence-electron chi connectivity index (χ0n) is 19.2. The number of nitrogens with zero attached hydrogens (tertiary/aromatic N) is 3. The zero-order valence-corrected chi connectivity index (χ0v) is 19.9. The second-order valence-corrected chi connectivity index (χ2v) is 9.13. The fourth-order valence-electron chi connectivity index (χ4n) is 4.64. The zero-order chi connectivity index (χ0) is 23.4. The molecule has 0 N–H and O–H groups in total. The average Bonchev–Trinajstić information content (AvgIpc) is 3.25. The molecule has 4 rings (SSSR count). The molecule has 2 aliphatic rings. The molecule has 0 radical (unpaired) electrons. The third-order valence-electron chi connectivity index (χ3n) is 6.27. The van der Waals surface area contributed by atoms with Crippen molar-refractivity contribution in [3.05, 3.63) is 70.2 Å². The first-order chi connectivity index (χ1) is 16.0. The predicted octanol–water partition coefficient (Wildman–Crippen LogP) is 4.60. The highest BCUT2D eigenvalue weighted by molar-refractivity contribution is 6.31. The quantitative estimate of drug-likeness (QED) is 0.582. The number of aryl methyl sites for hydroxylation is 1. The molecule has 2 aliphatic heterocycles. The van der Waals surface area contributed by atoms with Crippen molar-refractivity contribution in [3.63, 3.8) is 0 Å². The number of halogens is 1. The Balaban J connectivity index is 1.55. The Kier molecular flexibility index (Phi) is 7.46. The first-order valence-electron chi connectivity index (χ1n) is 11.6. The number of rotatable bonds is 6. The van der Waals surface area contributed by atoms with Gasteiger partial charge in [0.1, 0.15) is 0 Å². The molecule has 0 bridgehead atoms. The van der Waals surface area contributed by atoms with E-state index in [-0.39, 0.29) is 30.4 Å². The summed E-state index contributed by atoms with van der Waals surface area (Å²) < 4.78 is 5.20. The number of hydrogen-bond acceptors (Lipinski definition) is 5. The van der Waals surface area contributed by atoms with Gasteiger partial charge < -0.3 is 4.74 Å². The molecule has 0 aromatic heterocycles. The van der Waals surface area contributed by atoms with Crippen LogP contribution in [0.25, 0.3) is 0 Å². The number of piperidine rings is 1. The van der Waals surface area contributed by atoms with Gasteiger partial charge in [-0.1, -0.05) is 59.6 Å². The molecule has 2 aromatic rings. The van der Waals surface area contributed by atoms with Gasteiger partial charge in [0.2, 0.25) is 0 Å². The van der Waals surface area contributed by atoms with Crippen molar-refractivity contribution < 1.29 is 14.3 Å². The number of carbonyl (C=O) groups is 2. The molecule has 1 fully saturated rings. The molecule has 0 spiro atoms. The third kappa shape index (κ3) is 5.45. The van der Waals surface area contributed by atoms with E-state index in [0.29, 0.717) is 24.6 Å². The highest BCUT2D eigenvalue weighted by atomic mass is 35.5. The van der Waals surface area contributed by atoms with Crippen molar-refractivity contribution in [2.45, 2.75) is 39.2 Å². The molecule has 2 heterocycles. The molecule has 0 saturated carbocycles. The Bertz CT molecular complexity index is 1050. The monoisotopic (exact) mass is 467 g/mol. The van der Waals surface area contributed by atoms with Crippen molar-refractivity contribution in [1.29, 1.82) is 0 Å². The molecule has 6 nitrogen and oxygen atoms in total. The smallest absolute Gasteiger partial charge is 0.310 e. The van der Waals surface area contributed by atoms with Crippen LogP contribution in [0.4, 0.5) is 0 Å². The minimum absolute atomic E-state index is 0.0907. The summed E-state index contributed by atoms with van der Waals surface area (Å²) in [6.45, 7) is 5.75. The summed E-state index contributed by atoms with van der Waals surface area (Å²) in [6, 6.07) is 15.5. The Hall–Kier alpha value is -2.70. The fraction of sp³-hybridized carbons (Fsp3) is 0.423. The van der Waals surface area contributed by atoms with Gasteiger partial charge >= 0.3 is 5.97 Å². The number of amides is 1. The van der Waals surface area contributed by atoms with Gasteiger partial charge in [-0.15, -0.1) is 0 Å². The lowest BCUT2D eigenvalue weighted by Crippen LogP contribution is -2.44. The van der Waals surface area contributed by atoms with E-state index >= 15 is 0 Å². The van der Waals surface area contributed by atoms with E-state index in [9.17, 15) is 9.59 Å². The molecule has 174 valence electrons. The maximum Gasteiger partial charge on any atom is 0.310 e. The number of benzene rings is 2. The van der Waals surface area contributed by atoms with Crippen molar-refractivity contribution >= 4 is 29.2 Å². The molecule has 0 aliphatic carbocycles. The van der Waals surface area contributed by atoms with E-state index in [1.807, 2.05) is 61.2 Å². The molecule has 0 unspecified atom stereocenters. The number of hydrogen-bond donors (Lipinski definition) is 0. The Morgan fingerprint density at radius 3 is 2.76 bits per heavy atom. The van der Waals surface area contributed by atoms with Crippen molar-refractivity contribution in [2.75, 3.05) is 26.2 Å². The second kappa shape index (κ2) is 10.5. The molecule has 1 saturated heterocycles. The maximum absolute atomic E-state index is 13.5. The van der Waals surface area contributed by atoms with Crippen LogP contribution >= 0.6 is 11.6 Å². The molecule has 7 heteroatoms. The molecular formula is C26H30ClN3O3. The van der Waals surface area contributed by atoms with E-state index in [1.165, 1.54) is 0 Å². The van der Waals surface area contributed by atoms with Crippen LogP contribution in [0.3, 0.4) is 0 Å². The lowest BCUT2D eigenvalue weighted by Gasteiger charge is -2.32. The van der Waals surface area contributed by atoms with Crippen LogP contribution in [0, 0.1) is 12.8 Å². The Morgan fingerprint density at radius 1 is 1.18 bits per heavy atom. The molecule has 33 heavy (non-hydrogen) atoms. The van der Waals surface area contributed by atoms with Gasteiger partial charge in [0.05, 0.1) is 30.8 Å². The lowest BCUT2D eigenvalue weighted by atomic mass is 9.97. The molecule has 1 amide bonds. The predicted molar refractivity (Wildman–Crippen MR) is 129 cm³/mol. The van der Waals surface area contributed by atoms with E-state index in [0.717, 1.165) is 41.8 Å². The average molecular weight is 468 g/mol. The van der Waals surface area contributed by atoms with Gasteiger partial charge in [-0.25, -0.2) is 5.01 Å². The molecule has 2 aromatic carbocycles.